The monoisotopic (exact) mass is 336 g/mol. The first-order valence-corrected chi connectivity index (χ1v) is 7.61. The summed E-state index contributed by atoms with van der Waals surface area (Å²) in [6, 6.07) is 2.69. The van der Waals surface area contributed by atoms with Gasteiger partial charge < -0.3 is 18.8 Å². The van der Waals surface area contributed by atoms with E-state index < -0.39 is 30.1 Å². The van der Waals surface area contributed by atoms with Crippen LogP contribution in [0.15, 0.2) is 18.1 Å². The second-order valence-electron chi connectivity index (χ2n) is 6.56. The number of carbonyl (C=O) groups excluding carboxylic acids is 1. The van der Waals surface area contributed by atoms with Crippen molar-refractivity contribution in [3.8, 4) is 5.75 Å². The molecule has 1 saturated heterocycles. The van der Waals surface area contributed by atoms with Gasteiger partial charge in [0.05, 0.1) is 31.0 Å². The summed E-state index contributed by atoms with van der Waals surface area (Å²) < 4.78 is 35.7. The van der Waals surface area contributed by atoms with Gasteiger partial charge in [0.15, 0.2) is 11.6 Å². The van der Waals surface area contributed by atoms with Gasteiger partial charge in [-0.25, -0.2) is 9.18 Å². The quantitative estimate of drug-likeness (QED) is 0.624. The minimum atomic E-state index is -0.609. The van der Waals surface area contributed by atoms with Crippen molar-refractivity contribution in [2.45, 2.75) is 38.9 Å². The molecule has 1 aromatic rings. The van der Waals surface area contributed by atoms with E-state index in [-0.39, 0.29) is 16.9 Å². The predicted octanol–water partition coefficient (Wildman–Crippen LogP) is 3.27. The standard InChI is InChI=1S/C17H22BFO5/c1-16(2)17(3,4)24-18(23-16)8-7-11-9-12(15(20)22-6)10-13(21-5)14(11)19/h7-10H,1-6H3. The molecular weight excluding hydrogens is 314 g/mol. The second kappa shape index (κ2) is 6.57. The Bertz CT molecular complexity index is 653. The summed E-state index contributed by atoms with van der Waals surface area (Å²) in [5, 5.41) is 0. The maximum Gasteiger partial charge on any atom is 0.487 e. The lowest BCUT2D eigenvalue weighted by Crippen LogP contribution is -2.41. The van der Waals surface area contributed by atoms with Crippen LogP contribution in [0, 0.1) is 5.82 Å². The molecule has 7 heteroatoms. The van der Waals surface area contributed by atoms with Crippen LogP contribution < -0.4 is 4.74 Å². The fraction of sp³-hybridized carbons (Fsp3) is 0.471. The van der Waals surface area contributed by atoms with Gasteiger partial charge >= 0.3 is 13.1 Å². The first-order valence-electron chi connectivity index (χ1n) is 7.61. The zero-order valence-corrected chi connectivity index (χ0v) is 14.8. The second-order valence-corrected chi connectivity index (χ2v) is 6.56. The molecule has 1 heterocycles. The number of methoxy groups -OCH3 is 2. The molecule has 1 aliphatic heterocycles. The van der Waals surface area contributed by atoms with Gasteiger partial charge in [0, 0.05) is 5.56 Å². The number of halogens is 1. The van der Waals surface area contributed by atoms with Crippen molar-refractivity contribution < 1.29 is 28.0 Å². The number of rotatable bonds is 4. The number of ether oxygens (including phenoxy) is 2. The summed E-state index contributed by atoms with van der Waals surface area (Å²) >= 11 is 0. The Hall–Kier alpha value is -1.86. The highest BCUT2D eigenvalue weighted by atomic mass is 19.1. The molecule has 0 radical (unpaired) electrons. The number of hydrogen-bond acceptors (Lipinski definition) is 5. The summed E-state index contributed by atoms with van der Waals surface area (Å²) in [6.07, 6.45) is 1.51. The van der Waals surface area contributed by atoms with Crippen LogP contribution in [0.1, 0.15) is 43.6 Å². The van der Waals surface area contributed by atoms with Crippen LogP contribution in [0.2, 0.25) is 0 Å². The van der Waals surface area contributed by atoms with Crippen molar-refractivity contribution in [1.29, 1.82) is 0 Å². The van der Waals surface area contributed by atoms with E-state index in [4.69, 9.17) is 14.0 Å². The lowest BCUT2D eigenvalue weighted by atomic mass is 9.89. The van der Waals surface area contributed by atoms with Crippen LogP contribution in [0.3, 0.4) is 0 Å². The molecule has 0 atom stereocenters. The molecule has 0 spiro atoms. The van der Waals surface area contributed by atoms with Gasteiger partial charge in [0.25, 0.3) is 0 Å². The Morgan fingerprint density at radius 3 is 2.25 bits per heavy atom. The highest BCUT2D eigenvalue weighted by Crippen LogP contribution is 2.37. The number of benzene rings is 1. The van der Waals surface area contributed by atoms with E-state index in [1.54, 1.807) is 5.98 Å². The summed E-state index contributed by atoms with van der Waals surface area (Å²) in [7, 11) is 1.99. The minimum absolute atomic E-state index is 0.0357. The van der Waals surface area contributed by atoms with Crippen molar-refractivity contribution in [3.05, 3.63) is 35.1 Å². The maximum atomic E-state index is 14.4. The van der Waals surface area contributed by atoms with Crippen molar-refractivity contribution in [1.82, 2.24) is 0 Å². The highest BCUT2D eigenvalue weighted by Gasteiger charge is 2.50. The Morgan fingerprint density at radius 2 is 1.75 bits per heavy atom. The van der Waals surface area contributed by atoms with Gasteiger partial charge in [-0.05, 0) is 39.8 Å². The van der Waals surface area contributed by atoms with Gasteiger partial charge in [-0.15, -0.1) is 0 Å². The summed E-state index contributed by atoms with van der Waals surface area (Å²) in [5.41, 5.74) is -0.577. The van der Waals surface area contributed by atoms with Crippen molar-refractivity contribution in [2.75, 3.05) is 14.2 Å². The predicted molar refractivity (Wildman–Crippen MR) is 89.4 cm³/mol. The average Bonchev–Trinajstić information content (AvgIpc) is 2.72. The topological polar surface area (TPSA) is 54.0 Å². The summed E-state index contributed by atoms with van der Waals surface area (Å²) in [5.74, 6) is 0.429. The Balaban J connectivity index is 2.31. The molecule has 0 saturated carbocycles. The molecule has 5 nitrogen and oxygen atoms in total. The molecule has 2 rings (SSSR count). The maximum absolute atomic E-state index is 14.4. The van der Waals surface area contributed by atoms with Crippen LogP contribution in [0.5, 0.6) is 5.75 Å². The molecule has 1 fully saturated rings. The van der Waals surface area contributed by atoms with Crippen LogP contribution in [-0.4, -0.2) is 38.5 Å². The zero-order chi connectivity index (χ0) is 18.1. The third kappa shape index (κ3) is 3.47. The molecule has 0 aliphatic carbocycles. The lowest BCUT2D eigenvalue weighted by Gasteiger charge is -2.32. The number of carbonyl (C=O) groups is 1. The molecule has 0 N–H and O–H groups in total. The zero-order valence-electron chi connectivity index (χ0n) is 14.8. The van der Waals surface area contributed by atoms with E-state index in [1.165, 1.54) is 32.4 Å². The SMILES string of the molecule is COC(=O)c1cc(C=CB2OC(C)(C)C(C)(C)O2)c(F)c(OC)c1. The fourth-order valence-corrected chi connectivity index (χ4v) is 2.27. The van der Waals surface area contributed by atoms with Crippen molar-refractivity contribution in [2.24, 2.45) is 0 Å². The first kappa shape index (κ1) is 18.5. The summed E-state index contributed by atoms with van der Waals surface area (Å²) in [4.78, 5) is 11.7. The average molecular weight is 336 g/mol. The molecule has 130 valence electrons. The van der Waals surface area contributed by atoms with Crippen molar-refractivity contribution in [3.63, 3.8) is 0 Å². The minimum Gasteiger partial charge on any atom is -0.494 e. The van der Waals surface area contributed by atoms with E-state index in [2.05, 4.69) is 4.74 Å². The Labute approximate surface area is 141 Å². The van der Waals surface area contributed by atoms with Crippen LogP contribution >= 0.6 is 0 Å². The van der Waals surface area contributed by atoms with Crippen LogP contribution in [-0.2, 0) is 14.0 Å². The number of esters is 1. The largest absolute Gasteiger partial charge is 0.494 e. The molecule has 1 aromatic carbocycles. The molecule has 0 amide bonds. The third-order valence-electron chi connectivity index (χ3n) is 4.41. The summed E-state index contributed by atoms with van der Waals surface area (Å²) in [6.45, 7) is 7.73. The van der Waals surface area contributed by atoms with E-state index in [9.17, 15) is 9.18 Å². The molecule has 24 heavy (non-hydrogen) atoms. The molecule has 0 aromatic heterocycles. The van der Waals surface area contributed by atoms with E-state index in [0.717, 1.165) is 0 Å². The normalized spacial score (nSPS) is 18.9. The smallest absolute Gasteiger partial charge is 0.487 e. The van der Waals surface area contributed by atoms with Gasteiger partial charge in [-0.1, -0.05) is 12.1 Å². The van der Waals surface area contributed by atoms with Gasteiger partial charge in [-0.2, -0.15) is 0 Å². The molecular formula is C17H22BFO5. The first-order chi connectivity index (χ1) is 11.1. The van der Waals surface area contributed by atoms with Crippen LogP contribution in [0.25, 0.3) is 6.08 Å². The van der Waals surface area contributed by atoms with Crippen molar-refractivity contribution >= 4 is 19.2 Å². The Kier molecular flexibility index (Phi) is 5.06. The number of hydrogen-bond donors (Lipinski definition) is 0. The fourth-order valence-electron chi connectivity index (χ4n) is 2.27. The molecule has 0 unspecified atom stereocenters. The van der Waals surface area contributed by atoms with Gasteiger partial charge in [0.2, 0.25) is 0 Å². The Morgan fingerprint density at radius 1 is 1.17 bits per heavy atom. The third-order valence-corrected chi connectivity index (χ3v) is 4.41. The van der Waals surface area contributed by atoms with Gasteiger partial charge in [0.1, 0.15) is 0 Å². The van der Waals surface area contributed by atoms with E-state index in [0.29, 0.717) is 0 Å². The van der Waals surface area contributed by atoms with E-state index in [1.807, 2.05) is 27.7 Å². The highest BCUT2D eigenvalue weighted by molar-refractivity contribution is 6.52. The van der Waals surface area contributed by atoms with Crippen LogP contribution in [0.4, 0.5) is 4.39 Å². The molecule has 0 bridgehead atoms. The van der Waals surface area contributed by atoms with E-state index >= 15 is 0 Å². The molecule has 1 aliphatic rings. The van der Waals surface area contributed by atoms with Gasteiger partial charge in [-0.3, -0.25) is 0 Å². The lowest BCUT2D eigenvalue weighted by molar-refractivity contribution is 0.00578.